The Balaban J connectivity index is 1.46. The predicted molar refractivity (Wildman–Crippen MR) is 143 cm³/mol. The number of nitrogens with one attached hydrogen (secondary N) is 2. The summed E-state index contributed by atoms with van der Waals surface area (Å²) in [4.78, 5) is 33.1. The van der Waals surface area contributed by atoms with Crippen LogP contribution in [0.4, 0.5) is 0 Å². The van der Waals surface area contributed by atoms with E-state index in [1.165, 1.54) is 10.8 Å². The number of para-hydroxylation sites is 3. The van der Waals surface area contributed by atoms with Crippen LogP contribution >= 0.6 is 0 Å². The molecule has 1 unspecified atom stereocenters. The molecular weight excluding hydrogens is 468 g/mol. The lowest BCUT2D eigenvalue weighted by atomic mass is 9.90. The van der Waals surface area contributed by atoms with Gasteiger partial charge in [-0.15, -0.1) is 0 Å². The van der Waals surface area contributed by atoms with Gasteiger partial charge in [-0.1, -0.05) is 36.4 Å². The fourth-order valence-corrected chi connectivity index (χ4v) is 4.66. The van der Waals surface area contributed by atoms with Crippen molar-refractivity contribution in [3.8, 4) is 11.5 Å². The second-order valence-corrected chi connectivity index (χ2v) is 8.66. The fourth-order valence-electron chi connectivity index (χ4n) is 4.66. The number of nitrogens with zero attached hydrogens (tertiary/aromatic N) is 2. The zero-order valence-corrected chi connectivity index (χ0v) is 20.7. The summed E-state index contributed by atoms with van der Waals surface area (Å²) >= 11 is 0. The zero-order chi connectivity index (χ0) is 25.8. The maximum absolute atomic E-state index is 13.1. The van der Waals surface area contributed by atoms with E-state index in [4.69, 9.17) is 9.47 Å². The Labute approximate surface area is 213 Å². The highest BCUT2D eigenvalue weighted by Crippen LogP contribution is 2.35. The maximum Gasteiger partial charge on any atom is 0.269 e. The third-order valence-corrected chi connectivity index (χ3v) is 6.44. The van der Waals surface area contributed by atoms with Gasteiger partial charge in [-0.05, 0) is 48.4 Å². The molecule has 0 aliphatic rings. The molecule has 0 saturated carbocycles. The smallest absolute Gasteiger partial charge is 0.269 e. The van der Waals surface area contributed by atoms with Crippen molar-refractivity contribution in [1.82, 2.24) is 19.9 Å². The van der Waals surface area contributed by atoms with Crippen molar-refractivity contribution in [2.75, 3.05) is 20.3 Å². The summed E-state index contributed by atoms with van der Waals surface area (Å²) in [6.45, 7) is 2.68. The van der Waals surface area contributed by atoms with Crippen molar-refractivity contribution < 1.29 is 14.3 Å². The molecule has 0 aliphatic heterocycles. The van der Waals surface area contributed by atoms with Crippen molar-refractivity contribution in [2.24, 2.45) is 0 Å². The van der Waals surface area contributed by atoms with Gasteiger partial charge in [-0.3, -0.25) is 14.2 Å². The number of ether oxygens (including phenoxy) is 2. The molecule has 0 spiro atoms. The second-order valence-electron chi connectivity index (χ2n) is 8.66. The number of rotatable bonds is 9. The van der Waals surface area contributed by atoms with Crippen molar-refractivity contribution >= 4 is 27.8 Å². The number of H-pyrrole nitrogens is 1. The summed E-state index contributed by atoms with van der Waals surface area (Å²) in [7, 11) is 1.61. The van der Waals surface area contributed by atoms with Gasteiger partial charge in [-0.25, -0.2) is 4.98 Å². The third-order valence-electron chi connectivity index (χ3n) is 6.44. The average Bonchev–Trinajstić information content (AvgIpc) is 3.35. The molecule has 1 amide bonds. The molecule has 2 N–H and O–H groups in total. The SMILES string of the molecule is CCOc1ccc(C(CNC(=O)Cn2c(=O)cnc3ccccc32)c2c[nH]c3ccccc23)cc1OC. The number of hydrogen-bond donors (Lipinski definition) is 2. The Morgan fingerprint density at radius 3 is 2.73 bits per heavy atom. The van der Waals surface area contributed by atoms with Crippen LogP contribution in [-0.4, -0.2) is 40.7 Å². The van der Waals surface area contributed by atoms with E-state index in [0.29, 0.717) is 35.7 Å². The van der Waals surface area contributed by atoms with E-state index in [1.807, 2.05) is 67.7 Å². The topological polar surface area (TPSA) is 98.2 Å². The number of amides is 1. The minimum Gasteiger partial charge on any atom is -0.493 e. The maximum atomic E-state index is 13.1. The van der Waals surface area contributed by atoms with Gasteiger partial charge in [0.25, 0.3) is 5.56 Å². The van der Waals surface area contributed by atoms with Crippen LogP contribution in [0.1, 0.15) is 24.0 Å². The molecule has 3 aromatic carbocycles. The number of hydrogen-bond acceptors (Lipinski definition) is 5. The lowest BCUT2D eigenvalue weighted by Crippen LogP contribution is -2.35. The third kappa shape index (κ3) is 4.91. The molecule has 37 heavy (non-hydrogen) atoms. The Morgan fingerprint density at radius 2 is 1.89 bits per heavy atom. The van der Waals surface area contributed by atoms with E-state index in [0.717, 1.165) is 22.0 Å². The molecule has 8 heteroatoms. The first-order valence-corrected chi connectivity index (χ1v) is 12.2. The average molecular weight is 497 g/mol. The number of methoxy groups -OCH3 is 1. The van der Waals surface area contributed by atoms with Crippen LogP contribution in [0.25, 0.3) is 21.9 Å². The largest absolute Gasteiger partial charge is 0.493 e. The van der Waals surface area contributed by atoms with Crippen LogP contribution in [0.5, 0.6) is 11.5 Å². The summed E-state index contributed by atoms with van der Waals surface area (Å²) in [6, 6.07) is 21.2. The Kier molecular flexibility index (Phi) is 6.89. The van der Waals surface area contributed by atoms with Gasteiger partial charge in [-0.2, -0.15) is 0 Å². The van der Waals surface area contributed by atoms with Crippen LogP contribution in [0.3, 0.4) is 0 Å². The molecule has 0 aliphatic carbocycles. The molecule has 5 aromatic rings. The van der Waals surface area contributed by atoms with E-state index in [1.54, 1.807) is 13.2 Å². The number of aromatic nitrogens is 3. The van der Waals surface area contributed by atoms with E-state index >= 15 is 0 Å². The molecule has 1 atom stereocenters. The monoisotopic (exact) mass is 496 g/mol. The second kappa shape index (κ2) is 10.6. The lowest BCUT2D eigenvalue weighted by molar-refractivity contribution is -0.121. The number of aromatic amines is 1. The molecule has 0 radical (unpaired) electrons. The zero-order valence-electron chi connectivity index (χ0n) is 20.7. The van der Waals surface area contributed by atoms with E-state index in [9.17, 15) is 9.59 Å². The van der Waals surface area contributed by atoms with E-state index in [2.05, 4.69) is 21.4 Å². The van der Waals surface area contributed by atoms with Gasteiger partial charge < -0.3 is 19.8 Å². The number of fused-ring (bicyclic) bond motifs is 2. The molecule has 2 heterocycles. The molecule has 8 nitrogen and oxygen atoms in total. The van der Waals surface area contributed by atoms with Crippen LogP contribution in [0.2, 0.25) is 0 Å². The van der Waals surface area contributed by atoms with Crippen LogP contribution in [-0.2, 0) is 11.3 Å². The molecule has 5 rings (SSSR count). The summed E-state index contributed by atoms with van der Waals surface area (Å²) in [5.74, 6) is 0.863. The first kappa shape index (κ1) is 24.1. The Bertz CT molecular complexity index is 1620. The summed E-state index contributed by atoms with van der Waals surface area (Å²) < 4.78 is 12.7. The standard InChI is InChI=1S/C29H28N4O4/c1-3-37-26-13-12-19(14-27(26)36-2)21(22-16-30-23-9-5-4-8-20(22)23)15-32-28(34)18-33-25-11-7-6-10-24(25)31-17-29(33)35/h4-14,16-17,21,30H,3,15,18H2,1-2H3,(H,32,34). The van der Waals surface area contributed by atoms with Gasteiger partial charge >= 0.3 is 0 Å². The van der Waals surface area contributed by atoms with E-state index < -0.39 is 0 Å². The predicted octanol–water partition coefficient (Wildman–Crippen LogP) is 4.23. The van der Waals surface area contributed by atoms with Crippen molar-refractivity contribution in [3.05, 3.63) is 101 Å². The minimum absolute atomic E-state index is 0.102. The molecule has 188 valence electrons. The summed E-state index contributed by atoms with van der Waals surface area (Å²) in [5.41, 5.74) is 3.99. The summed E-state index contributed by atoms with van der Waals surface area (Å²) in [5, 5.41) is 4.12. The van der Waals surface area contributed by atoms with Gasteiger partial charge in [0.2, 0.25) is 5.91 Å². The van der Waals surface area contributed by atoms with Gasteiger partial charge in [0, 0.05) is 29.6 Å². The molecule has 0 fully saturated rings. The molecular formula is C29H28N4O4. The van der Waals surface area contributed by atoms with Gasteiger partial charge in [0.1, 0.15) is 6.54 Å². The minimum atomic E-state index is -0.321. The molecule has 2 aromatic heterocycles. The number of carbonyl (C=O) groups excluding carboxylic acids is 1. The quantitative estimate of drug-likeness (QED) is 0.318. The number of benzene rings is 3. The first-order valence-electron chi connectivity index (χ1n) is 12.2. The van der Waals surface area contributed by atoms with E-state index in [-0.39, 0.29) is 23.9 Å². The Morgan fingerprint density at radius 1 is 1.08 bits per heavy atom. The van der Waals surface area contributed by atoms with Gasteiger partial charge in [0.15, 0.2) is 11.5 Å². The summed E-state index contributed by atoms with van der Waals surface area (Å²) in [6.07, 6.45) is 3.22. The highest BCUT2D eigenvalue weighted by Gasteiger charge is 2.21. The van der Waals surface area contributed by atoms with Crippen molar-refractivity contribution in [2.45, 2.75) is 19.4 Å². The molecule has 0 bridgehead atoms. The van der Waals surface area contributed by atoms with Crippen molar-refractivity contribution in [3.63, 3.8) is 0 Å². The fraction of sp³-hybridized carbons (Fsp3) is 0.207. The lowest BCUT2D eigenvalue weighted by Gasteiger charge is -2.20. The van der Waals surface area contributed by atoms with Crippen LogP contribution in [0, 0.1) is 0 Å². The van der Waals surface area contributed by atoms with Crippen molar-refractivity contribution in [1.29, 1.82) is 0 Å². The van der Waals surface area contributed by atoms with Crippen LogP contribution < -0.4 is 20.3 Å². The first-order chi connectivity index (χ1) is 18.1. The normalized spacial score (nSPS) is 11.9. The van der Waals surface area contributed by atoms with Gasteiger partial charge in [0.05, 0.1) is 30.9 Å². The Hall–Kier alpha value is -4.59. The highest BCUT2D eigenvalue weighted by molar-refractivity contribution is 5.85. The molecule has 0 saturated heterocycles. The highest BCUT2D eigenvalue weighted by atomic mass is 16.5. The number of carbonyl (C=O) groups is 1. The van der Waals surface area contributed by atoms with Crippen LogP contribution in [0.15, 0.2) is 83.9 Å².